The van der Waals surface area contributed by atoms with Crippen LogP contribution in [0.4, 0.5) is 0 Å². The average Bonchev–Trinajstić information content (AvgIpc) is 2.91. The van der Waals surface area contributed by atoms with E-state index in [0.29, 0.717) is 0 Å². The van der Waals surface area contributed by atoms with Crippen LogP contribution in [0.3, 0.4) is 0 Å². The molecule has 2 aromatic carbocycles. The Balaban J connectivity index is 2.27. The summed E-state index contributed by atoms with van der Waals surface area (Å²) < 4.78 is 5.22. The summed E-state index contributed by atoms with van der Waals surface area (Å²) in [6.45, 7) is 0. The van der Waals surface area contributed by atoms with Gasteiger partial charge in [0.05, 0.1) is 12.8 Å². The van der Waals surface area contributed by atoms with Crippen LogP contribution in [-0.4, -0.2) is 17.1 Å². The van der Waals surface area contributed by atoms with Gasteiger partial charge in [-0.05, 0) is 22.9 Å². The van der Waals surface area contributed by atoms with Crippen LogP contribution < -0.4 is 4.74 Å². The monoisotopic (exact) mass is 223 g/mol. The molecular formula is C14H11N2O. The molecule has 17 heavy (non-hydrogen) atoms. The van der Waals surface area contributed by atoms with E-state index >= 15 is 0 Å². The number of aromatic amines is 1. The molecule has 0 aliphatic rings. The Kier molecular flexibility index (Phi) is 2.29. The van der Waals surface area contributed by atoms with Crippen molar-refractivity contribution >= 4 is 10.8 Å². The van der Waals surface area contributed by atoms with Crippen molar-refractivity contribution in [2.75, 3.05) is 7.11 Å². The molecule has 1 radical (unpaired) electrons. The van der Waals surface area contributed by atoms with Crippen molar-refractivity contribution in [3.63, 3.8) is 0 Å². The van der Waals surface area contributed by atoms with Crippen molar-refractivity contribution in [3.05, 3.63) is 48.9 Å². The van der Waals surface area contributed by atoms with Gasteiger partial charge in [0.2, 0.25) is 0 Å². The molecule has 0 unspecified atom stereocenters. The van der Waals surface area contributed by atoms with Crippen molar-refractivity contribution in [3.8, 4) is 17.0 Å². The molecule has 0 atom stereocenters. The molecule has 0 bridgehead atoms. The number of nitrogens with zero attached hydrogens (tertiary/aromatic N) is 1. The van der Waals surface area contributed by atoms with E-state index in [1.165, 1.54) is 0 Å². The van der Waals surface area contributed by atoms with Crippen molar-refractivity contribution in [1.82, 2.24) is 9.97 Å². The third-order valence-electron chi connectivity index (χ3n) is 2.81. The van der Waals surface area contributed by atoms with E-state index < -0.39 is 0 Å². The van der Waals surface area contributed by atoms with Crippen LogP contribution in [0.1, 0.15) is 0 Å². The Morgan fingerprint density at radius 1 is 1.24 bits per heavy atom. The van der Waals surface area contributed by atoms with E-state index in [9.17, 15) is 0 Å². The van der Waals surface area contributed by atoms with Crippen molar-refractivity contribution in [2.24, 2.45) is 0 Å². The third kappa shape index (κ3) is 1.65. The summed E-state index contributed by atoms with van der Waals surface area (Å²) in [5, 5.41) is 2.30. The lowest BCUT2D eigenvalue weighted by Gasteiger charge is -2.06. The van der Waals surface area contributed by atoms with Gasteiger partial charge >= 0.3 is 0 Å². The van der Waals surface area contributed by atoms with Gasteiger partial charge in [0.1, 0.15) is 5.75 Å². The predicted molar refractivity (Wildman–Crippen MR) is 66.9 cm³/mol. The van der Waals surface area contributed by atoms with Gasteiger partial charge in [-0.15, -0.1) is 0 Å². The van der Waals surface area contributed by atoms with Crippen LogP contribution in [0.5, 0.6) is 5.75 Å². The Hall–Kier alpha value is -2.29. The van der Waals surface area contributed by atoms with E-state index in [0.717, 1.165) is 27.8 Å². The lowest BCUT2D eigenvalue weighted by molar-refractivity contribution is 0.415. The third-order valence-corrected chi connectivity index (χ3v) is 2.81. The molecule has 0 amide bonds. The largest absolute Gasteiger partial charge is 0.497 e. The summed E-state index contributed by atoms with van der Waals surface area (Å²) in [5.74, 6) is 0.864. The Labute approximate surface area is 99.1 Å². The fourth-order valence-electron chi connectivity index (χ4n) is 1.98. The summed E-state index contributed by atoms with van der Waals surface area (Å²) in [6.07, 6.45) is 4.56. The molecule has 0 fully saturated rings. The highest BCUT2D eigenvalue weighted by atomic mass is 16.5. The van der Waals surface area contributed by atoms with Gasteiger partial charge in [0.15, 0.2) is 6.33 Å². The van der Waals surface area contributed by atoms with Gasteiger partial charge in [-0.2, -0.15) is 0 Å². The average molecular weight is 223 g/mol. The summed E-state index contributed by atoms with van der Waals surface area (Å²) in [7, 11) is 1.67. The number of fused-ring (bicyclic) bond motifs is 1. The standard InChI is InChI=1S/C14H11N2O/c1-17-11-5-6-12-10(7-11)3-2-4-13(12)14-8-15-9-16-14/h2-8H,1H3,(H,15,16). The topological polar surface area (TPSA) is 37.9 Å². The zero-order chi connectivity index (χ0) is 11.7. The van der Waals surface area contributed by atoms with Crippen molar-refractivity contribution < 1.29 is 4.74 Å². The molecule has 0 saturated carbocycles. The zero-order valence-electron chi connectivity index (χ0n) is 9.40. The molecule has 3 aromatic rings. The minimum atomic E-state index is 0.864. The Morgan fingerprint density at radius 3 is 2.94 bits per heavy atom. The van der Waals surface area contributed by atoms with E-state index in [1.807, 2.05) is 24.4 Å². The summed E-state index contributed by atoms with van der Waals surface area (Å²) in [5.41, 5.74) is 2.00. The van der Waals surface area contributed by atoms with Gasteiger partial charge in [-0.3, -0.25) is 0 Å². The summed E-state index contributed by atoms with van der Waals surface area (Å²) in [4.78, 5) is 7.02. The molecule has 0 aliphatic carbocycles. The molecule has 3 heteroatoms. The van der Waals surface area contributed by atoms with Crippen LogP contribution in [0.25, 0.3) is 22.0 Å². The van der Waals surface area contributed by atoms with Crippen LogP contribution in [-0.2, 0) is 0 Å². The highest BCUT2D eigenvalue weighted by Gasteiger charge is 2.05. The second kappa shape index (κ2) is 3.94. The number of hydrogen-bond acceptors (Lipinski definition) is 2. The van der Waals surface area contributed by atoms with Crippen LogP contribution in [0.2, 0.25) is 0 Å². The molecule has 0 aliphatic heterocycles. The van der Waals surface area contributed by atoms with Crippen LogP contribution in [0, 0.1) is 6.33 Å². The molecule has 83 valence electrons. The predicted octanol–water partition coefficient (Wildman–Crippen LogP) is 3.04. The molecule has 1 aromatic heterocycles. The van der Waals surface area contributed by atoms with Gasteiger partial charge in [-0.1, -0.05) is 24.3 Å². The van der Waals surface area contributed by atoms with Crippen LogP contribution >= 0.6 is 0 Å². The molecular weight excluding hydrogens is 212 g/mol. The van der Waals surface area contributed by atoms with Gasteiger partial charge in [0, 0.05) is 11.8 Å². The number of aromatic nitrogens is 2. The first-order valence-electron chi connectivity index (χ1n) is 5.37. The fraction of sp³-hybridized carbons (Fsp3) is 0.0714. The lowest BCUT2D eigenvalue weighted by atomic mass is 10.0. The zero-order valence-corrected chi connectivity index (χ0v) is 9.40. The van der Waals surface area contributed by atoms with Crippen LogP contribution in [0.15, 0.2) is 42.6 Å². The van der Waals surface area contributed by atoms with Gasteiger partial charge < -0.3 is 9.72 Å². The number of H-pyrrole nitrogens is 1. The van der Waals surface area contributed by atoms with E-state index in [2.05, 4.69) is 34.5 Å². The second-order valence-electron chi connectivity index (χ2n) is 3.79. The fourth-order valence-corrected chi connectivity index (χ4v) is 1.98. The maximum Gasteiger partial charge on any atom is 0.174 e. The Morgan fingerprint density at radius 2 is 2.18 bits per heavy atom. The number of methoxy groups -OCH3 is 1. The lowest BCUT2D eigenvalue weighted by Crippen LogP contribution is -1.84. The highest BCUT2D eigenvalue weighted by molar-refractivity contribution is 5.96. The molecule has 1 N–H and O–H groups in total. The number of imidazole rings is 1. The maximum absolute atomic E-state index is 5.22. The minimum absolute atomic E-state index is 0.864. The first-order valence-corrected chi connectivity index (χ1v) is 5.37. The number of rotatable bonds is 2. The molecule has 1 heterocycles. The van der Waals surface area contributed by atoms with Gasteiger partial charge in [0.25, 0.3) is 0 Å². The van der Waals surface area contributed by atoms with Crippen molar-refractivity contribution in [2.45, 2.75) is 0 Å². The molecule has 3 rings (SSSR count). The van der Waals surface area contributed by atoms with Gasteiger partial charge in [-0.25, -0.2) is 4.98 Å². The molecule has 0 spiro atoms. The number of hydrogen-bond donors (Lipinski definition) is 1. The Bertz CT molecular complexity index is 644. The number of nitrogens with one attached hydrogen (secondary N) is 1. The first-order chi connectivity index (χ1) is 8.38. The minimum Gasteiger partial charge on any atom is -0.497 e. The number of benzene rings is 2. The smallest absolute Gasteiger partial charge is 0.174 e. The molecule has 3 nitrogen and oxygen atoms in total. The second-order valence-corrected chi connectivity index (χ2v) is 3.79. The SMILES string of the molecule is COc1ccc2c(-c3c[nH][c]n3)cccc2c1. The van der Waals surface area contributed by atoms with Crippen molar-refractivity contribution in [1.29, 1.82) is 0 Å². The first kappa shape index (κ1) is 9.90. The molecule has 0 saturated heterocycles. The van der Waals surface area contributed by atoms with E-state index in [1.54, 1.807) is 7.11 Å². The summed E-state index contributed by atoms with van der Waals surface area (Å²) >= 11 is 0. The number of ether oxygens (including phenoxy) is 1. The maximum atomic E-state index is 5.22. The quantitative estimate of drug-likeness (QED) is 0.725. The van der Waals surface area contributed by atoms with E-state index in [4.69, 9.17) is 4.74 Å². The van der Waals surface area contributed by atoms with E-state index in [-0.39, 0.29) is 0 Å². The summed E-state index contributed by atoms with van der Waals surface area (Å²) in [6, 6.07) is 12.2. The highest BCUT2D eigenvalue weighted by Crippen LogP contribution is 2.29. The normalized spacial score (nSPS) is 10.6.